The first kappa shape index (κ1) is 16.8. The third kappa shape index (κ3) is 2.69. The van der Waals surface area contributed by atoms with Gasteiger partial charge < -0.3 is 9.47 Å². The van der Waals surface area contributed by atoms with Crippen molar-refractivity contribution in [1.82, 2.24) is 10.3 Å². The number of esters is 2. The second kappa shape index (κ2) is 6.46. The summed E-state index contributed by atoms with van der Waals surface area (Å²) in [7, 11) is 2.59. The highest BCUT2D eigenvalue weighted by Gasteiger charge is 2.43. The molecule has 1 aliphatic rings. The van der Waals surface area contributed by atoms with E-state index < -0.39 is 23.8 Å². The maximum Gasteiger partial charge on any atom is 0.336 e. The topological polar surface area (TPSA) is 104 Å². The summed E-state index contributed by atoms with van der Waals surface area (Å²) in [5, 5.41) is 7.76. The lowest BCUT2D eigenvalue weighted by Crippen LogP contribution is -2.36. The minimum Gasteiger partial charge on any atom is -0.468 e. The smallest absolute Gasteiger partial charge is 0.336 e. The van der Waals surface area contributed by atoms with Crippen LogP contribution in [-0.4, -0.2) is 42.2 Å². The van der Waals surface area contributed by atoms with E-state index in [1.165, 1.54) is 14.2 Å². The molecule has 0 saturated heterocycles. The maximum absolute atomic E-state index is 12.5. The zero-order valence-corrected chi connectivity index (χ0v) is 14.3. The SMILES string of the molecule is COC(=O)C1=C(C)N=C(C)C(C(=O)OC)C1c1cccc2nonc12. The number of aromatic nitrogens is 2. The molecular formula is C17H17N3O5. The molecule has 2 aromatic rings. The van der Waals surface area contributed by atoms with E-state index in [4.69, 9.17) is 14.1 Å². The van der Waals surface area contributed by atoms with Gasteiger partial charge in [0, 0.05) is 17.3 Å². The normalized spacial score (nSPS) is 20.4. The van der Waals surface area contributed by atoms with Crippen molar-refractivity contribution in [2.24, 2.45) is 10.9 Å². The molecule has 0 N–H and O–H groups in total. The van der Waals surface area contributed by atoms with E-state index in [0.717, 1.165) is 0 Å². The molecule has 2 unspecified atom stereocenters. The zero-order chi connectivity index (χ0) is 18.1. The van der Waals surface area contributed by atoms with E-state index in [9.17, 15) is 9.59 Å². The molecule has 8 nitrogen and oxygen atoms in total. The summed E-state index contributed by atoms with van der Waals surface area (Å²) in [6.45, 7) is 3.44. The Morgan fingerprint density at radius 1 is 1.12 bits per heavy atom. The Labute approximate surface area is 143 Å². The number of nitrogens with zero attached hydrogens (tertiary/aromatic N) is 3. The average molecular weight is 343 g/mol. The molecule has 130 valence electrons. The number of aliphatic imine (C=N–C) groups is 1. The van der Waals surface area contributed by atoms with Crippen LogP contribution in [-0.2, 0) is 19.1 Å². The van der Waals surface area contributed by atoms with E-state index in [0.29, 0.717) is 33.6 Å². The van der Waals surface area contributed by atoms with Gasteiger partial charge in [-0.1, -0.05) is 12.1 Å². The molecule has 0 spiro atoms. The van der Waals surface area contributed by atoms with Crippen LogP contribution >= 0.6 is 0 Å². The van der Waals surface area contributed by atoms with Crippen molar-refractivity contribution >= 4 is 28.7 Å². The molecule has 1 aromatic carbocycles. The number of hydrogen-bond donors (Lipinski definition) is 0. The highest BCUT2D eigenvalue weighted by molar-refractivity contribution is 6.07. The first-order valence-electron chi connectivity index (χ1n) is 7.62. The number of rotatable bonds is 3. The van der Waals surface area contributed by atoms with Gasteiger partial charge in [-0.3, -0.25) is 9.79 Å². The van der Waals surface area contributed by atoms with E-state index in [-0.39, 0.29) is 0 Å². The van der Waals surface area contributed by atoms with Crippen molar-refractivity contribution in [3.05, 3.63) is 35.0 Å². The van der Waals surface area contributed by atoms with E-state index in [1.807, 2.05) is 0 Å². The van der Waals surface area contributed by atoms with Crippen LogP contribution in [0.2, 0.25) is 0 Å². The van der Waals surface area contributed by atoms with Crippen LogP contribution in [0.3, 0.4) is 0 Å². The van der Waals surface area contributed by atoms with Crippen molar-refractivity contribution in [1.29, 1.82) is 0 Å². The van der Waals surface area contributed by atoms with Crippen LogP contribution in [0, 0.1) is 5.92 Å². The van der Waals surface area contributed by atoms with Crippen LogP contribution in [0.1, 0.15) is 25.3 Å². The van der Waals surface area contributed by atoms with Crippen LogP contribution in [0.4, 0.5) is 0 Å². The first-order chi connectivity index (χ1) is 12.0. The third-order valence-corrected chi connectivity index (χ3v) is 4.34. The molecule has 0 aliphatic carbocycles. The minimum absolute atomic E-state index is 0.291. The molecule has 0 fully saturated rings. The highest BCUT2D eigenvalue weighted by Crippen LogP contribution is 2.41. The minimum atomic E-state index is -0.773. The van der Waals surface area contributed by atoms with Gasteiger partial charge in [-0.2, -0.15) is 0 Å². The summed E-state index contributed by atoms with van der Waals surface area (Å²) in [5.74, 6) is -2.48. The molecule has 3 rings (SSSR count). The second-order valence-electron chi connectivity index (χ2n) is 5.70. The van der Waals surface area contributed by atoms with Gasteiger partial charge in [0.2, 0.25) is 0 Å². The highest BCUT2D eigenvalue weighted by atomic mass is 16.6. The number of fused-ring (bicyclic) bond motifs is 1. The predicted molar refractivity (Wildman–Crippen MR) is 87.9 cm³/mol. The van der Waals surface area contributed by atoms with Crippen LogP contribution < -0.4 is 0 Å². The largest absolute Gasteiger partial charge is 0.468 e. The molecule has 0 saturated carbocycles. The quantitative estimate of drug-likeness (QED) is 0.785. The fourth-order valence-corrected chi connectivity index (χ4v) is 3.26. The van der Waals surface area contributed by atoms with E-state index >= 15 is 0 Å². The van der Waals surface area contributed by atoms with Gasteiger partial charge in [0.15, 0.2) is 0 Å². The Hall–Kier alpha value is -3.03. The van der Waals surface area contributed by atoms with Crippen molar-refractivity contribution in [2.75, 3.05) is 14.2 Å². The van der Waals surface area contributed by atoms with Crippen molar-refractivity contribution < 1.29 is 23.7 Å². The molecule has 8 heteroatoms. The molecule has 0 radical (unpaired) electrons. The molecule has 1 aromatic heterocycles. The van der Waals surface area contributed by atoms with Gasteiger partial charge in [-0.05, 0) is 35.8 Å². The molecule has 0 amide bonds. The predicted octanol–water partition coefficient (Wildman–Crippen LogP) is 2.02. The first-order valence-corrected chi connectivity index (χ1v) is 7.62. The summed E-state index contributed by atoms with van der Waals surface area (Å²) in [6.07, 6.45) is 0. The number of carbonyl (C=O) groups is 2. The van der Waals surface area contributed by atoms with Gasteiger partial charge >= 0.3 is 11.9 Å². The van der Waals surface area contributed by atoms with Gasteiger partial charge in [0.05, 0.1) is 19.8 Å². The molecule has 2 heterocycles. The number of ether oxygens (including phenoxy) is 2. The van der Waals surface area contributed by atoms with Gasteiger partial charge in [0.25, 0.3) is 0 Å². The van der Waals surface area contributed by atoms with E-state index in [1.54, 1.807) is 32.0 Å². The molecule has 25 heavy (non-hydrogen) atoms. The Kier molecular flexibility index (Phi) is 4.35. The fourth-order valence-electron chi connectivity index (χ4n) is 3.26. The van der Waals surface area contributed by atoms with Crippen LogP contribution in [0.25, 0.3) is 11.0 Å². The maximum atomic E-state index is 12.5. The number of hydrogen-bond acceptors (Lipinski definition) is 8. The van der Waals surface area contributed by atoms with Gasteiger partial charge in [0.1, 0.15) is 17.0 Å². The lowest BCUT2D eigenvalue weighted by Gasteiger charge is -2.30. The van der Waals surface area contributed by atoms with Crippen molar-refractivity contribution in [3.8, 4) is 0 Å². The van der Waals surface area contributed by atoms with Gasteiger partial charge in [-0.25, -0.2) is 9.42 Å². The third-order valence-electron chi connectivity index (χ3n) is 4.34. The number of allylic oxidation sites excluding steroid dienone is 1. The Morgan fingerprint density at radius 3 is 2.56 bits per heavy atom. The fraction of sp³-hybridized carbons (Fsp3) is 0.353. The summed E-state index contributed by atoms with van der Waals surface area (Å²) in [6, 6.07) is 5.28. The zero-order valence-electron chi connectivity index (χ0n) is 14.3. The molecular weight excluding hydrogens is 326 g/mol. The Balaban J connectivity index is 2.29. The standard InChI is InChI=1S/C17H17N3O5/c1-8-12(16(21)23-3)14(13(9(2)18-8)17(22)24-4)10-6-5-7-11-15(10)20-25-19-11/h5-7,12,14H,1-4H3. The van der Waals surface area contributed by atoms with Crippen molar-refractivity contribution in [3.63, 3.8) is 0 Å². The summed E-state index contributed by atoms with van der Waals surface area (Å²) in [4.78, 5) is 29.3. The number of benzene rings is 1. The lowest BCUT2D eigenvalue weighted by atomic mass is 9.75. The average Bonchev–Trinajstić information content (AvgIpc) is 3.08. The summed E-state index contributed by atoms with van der Waals surface area (Å²) >= 11 is 0. The molecule has 2 atom stereocenters. The summed E-state index contributed by atoms with van der Waals surface area (Å²) in [5.41, 5.74) is 2.97. The molecule has 0 bridgehead atoms. The van der Waals surface area contributed by atoms with Crippen molar-refractivity contribution in [2.45, 2.75) is 19.8 Å². The Morgan fingerprint density at radius 2 is 1.88 bits per heavy atom. The summed E-state index contributed by atoms with van der Waals surface area (Å²) < 4.78 is 14.7. The lowest BCUT2D eigenvalue weighted by molar-refractivity contribution is -0.143. The number of methoxy groups -OCH3 is 2. The van der Waals surface area contributed by atoms with Crippen LogP contribution in [0.15, 0.2) is 39.1 Å². The van der Waals surface area contributed by atoms with Gasteiger partial charge in [-0.15, -0.1) is 0 Å². The van der Waals surface area contributed by atoms with Crippen LogP contribution in [0.5, 0.6) is 0 Å². The monoisotopic (exact) mass is 343 g/mol. The molecule has 1 aliphatic heterocycles. The second-order valence-corrected chi connectivity index (χ2v) is 5.70. The number of carbonyl (C=O) groups excluding carboxylic acids is 2. The Bertz CT molecular complexity index is 912. The van der Waals surface area contributed by atoms with E-state index in [2.05, 4.69) is 15.3 Å².